The summed E-state index contributed by atoms with van der Waals surface area (Å²) in [5.74, 6) is 1.36. The van der Waals surface area contributed by atoms with Crippen LogP contribution in [0.4, 0.5) is 5.95 Å². The molecule has 0 radical (unpaired) electrons. The fourth-order valence-corrected chi connectivity index (χ4v) is 3.85. The van der Waals surface area contributed by atoms with Gasteiger partial charge in [0.05, 0.1) is 17.7 Å². The highest BCUT2D eigenvalue weighted by atomic mass is 35.5. The first-order chi connectivity index (χ1) is 15.6. The van der Waals surface area contributed by atoms with E-state index in [-0.39, 0.29) is 6.04 Å². The molecule has 1 aromatic heterocycles. The lowest BCUT2D eigenvalue weighted by Gasteiger charge is -2.34. The second-order valence-corrected chi connectivity index (χ2v) is 9.40. The molecule has 0 amide bonds. The number of nitrogens with one attached hydrogen (secondary N) is 1. The van der Waals surface area contributed by atoms with Crippen molar-refractivity contribution in [1.29, 1.82) is 0 Å². The van der Waals surface area contributed by atoms with Gasteiger partial charge in [-0.15, -0.1) is 0 Å². The first kappa shape index (κ1) is 24.7. The Balaban J connectivity index is 1.74. The molecule has 33 heavy (non-hydrogen) atoms. The van der Waals surface area contributed by atoms with Gasteiger partial charge >= 0.3 is 0 Å². The van der Waals surface area contributed by atoms with E-state index in [4.69, 9.17) is 22.3 Å². The van der Waals surface area contributed by atoms with E-state index in [0.29, 0.717) is 23.1 Å². The molecule has 1 saturated heterocycles. The van der Waals surface area contributed by atoms with Gasteiger partial charge in [0.2, 0.25) is 5.95 Å². The molecule has 0 unspecified atom stereocenters. The largest absolute Gasteiger partial charge is 0.390 e. The number of hydrogen-bond acceptors (Lipinski definition) is 6. The molecule has 3 rings (SSSR count). The maximum absolute atomic E-state index is 10.6. The monoisotopic (exact) mass is 468 g/mol. The molecule has 1 aliphatic rings. The zero-order valence-corrected chi connectivity index (χ0v) is 20.3. The van der Waals surface area contributed by atoms with Crippen LogP contribution in [0.1, 0.15) is 50.6 Å². The number of halogens is 1. The number of piperidine rings is 1. The maximum atomic E-state index is 10.6. The van der Waals surface area contributed by atoms with Crippen molar-refractivity contribution in [1.82, 2.24) is 14.9 Å². The summed E-state index contributed by atoms with van der Waals surface area (Å²) in [5.41, 5.74) is 7.91. The van der Waals surface area contributed by atoms with Crippen LogP contribution in [0.2, 0.25) is 5.02 Å². The van der Waals surface area contributed by atoms with Crippen LogP contribution in [0.5, 0.6) is 0 Å². The highest BCUT2D eigenvalue weighted by molar-refractivity contribution is 6.30. The van der Waals surface area contributed by atoms with Gasteiger partial charge in [0.15, 0.2) is 0 Å². The van der Waals surface area contributed by atoms with Crippen LogP contribution in [0.15, 0.2) is 59.4 Å². The number of aliphatic imine (C=N–C) groups is 1. The van der Waals surface area contributed by atoms with Gasteiger partial charge < -0.3 is 21.1 Å². The van der Waals surface area contributed by atoms with E-state index in [9.17, 15) is 5.11 Å². The smallest absolute Gasteiger partial charge is 0.223 e. The Morgan fingerprint density at radius 1 is 1.30 bits per heavy atom. The SMILES string of the molecule is C=C(C)/C=C(\N=C/N)N1CCC(Nc2nc(Cc3ccc(Cl)cc3)cc(C(C)(C)O)n2)CC1. The van der Waals surface area contributed by atoms with E-state index in [1.165, 1.54) is 6.34 Å². The number of aliphatic hydroxyl groups is 1. The Kier molecular flexibility index (Phi) is 8.10. The number of likely N-dealkylation sites (tertiary alicyclic amines) is 1. The molecule has 1 aliphatic heterocycles. The van der Waals surface area contributed by atoms with Gasteiger partial charge in [0.25, 0.3) is 0 Å². The summed E-state index contributed by atoms with van der Waals surface area (Å²) in [6.45, 7) is 11.0. The van der Waals surface area contributed by atoms with Gasteiger partial charge in [-0.2, -0.15) is 0 Å². The van der Waals surface area contributed by atoms with Crippen molar-refractivity contribution >= 4 is 23.9 Å². The van der Waals surface area contributed by atoms with E-state index >= 15 is 0 Å². The van der Waals surface area contributed by atoms with E-state index in [0.717, 1.165) is 48.6 Å². The van der Waals surface area contributed by atoms with Crippen LogP contribution < -0.4 is 11.1 Å². The van der Waals surface area contributed by atoms with Crippen molar-refractivity contribution in [2.24, 2.45) is 10.7 Å². The zero-order valence-electron chi connectivity index (χ0n) is 19.6. The van der Waals surface area contributed by atoms with Crippen LogP contribution in [-0.4, -0.2) is 45.4 Å². The predicted molar refractivity (Wildman–Crippen MR) is 135 cm³/mol. The quantitative estimate of drug-likeness (QED) is 0.304. The molecule has 1 fully saturated rings. The predicted octanol–water partition coefficient (Wildman–Crippen LogP) is 4.23. The van der Waals surface area contributed by atoms with Crippen molar-refractivity contribution in [2.45, 2.75) is 51.7 Å². The van der Waals surface area contributed by atoms with Crippen molar-refractivity contribution in [2.75, 3.05) is 18.4 Å². The lowest BCUT2D eigenvalue weighted by molar-refractivity contribution is 0.0737. The number of hydrogen-bond donors (Lipinski definition) is 3. The second kappa shape index (κ2) is 10.8. The molecule has 0 saturated carbocycles. The van der Waals surface area contributed by atoms with E-state index in [2.05, 4.69) is 26.8 Å². The fourth-order valence-electron chi connectivity index (χ4n) is 3.72. The van der Waals surface area contributed by atoms with Crippen LogP contribution in [0, 0.1) is 0 Å². The van der Waals surface area contributed by atoms with Crippen molar-refractivity contribution in [3.05, 3.63) is 76.4 Å². The van der Waals surface area contributed by atoms with Crippen LogP contribution in [0.25, 0.3) is 0 Å². The summed E-state index contributed by atoms with van der Waals surface area (Å²) in [6, 6.07) is 9.78. The Morgan fingerprint density at radius 2 is 1.97 bits per heavy atom. The first-order valence-corrected chi connectivity index (χ1v) is 11.5. The molecular formula is C25H33ClN6O. The molecule has 0 bridgehead atoms. The number of allylic oxidation sites excluding steroid dienone is 2. The fraction of sp³-hybridized carbons (Fsp3) is 0.400. The van der Waals surface area contributed by atoms with Crippen LogP contribution in [-0.2, 0) is 12.0 Å². The van der Waals surface area contributed by atoms with E-state index in [1.807, 2.05) is 43.3 Å². The number of benzene rings is 1. The van der Waals surface area contributed by atoms with Gasteiger partial charge in [-0.3, -0.25) is 0 Å². The van der Waals surface area contributed by atoms with Gasteiger partial charge in [-0.05, 0) is 63.5 Å². The third-order valence-electron chi connectivity index (χ3n) is 5.44. The molecule has 1 aromatic carbocycles. The second-order valence-electron chi connectivity index (χ2n) is 8.96. The normalized spacial score (nSPS) is 15.8. The molecule has 0 aliphatic carbocycles. The van der Waals surface area contributed by atoms with Gasteiger partial charge in [0, 0.05) is 30.6 Å². The zero-order chi connectivity index (χ0) is 24.0. The Bertz CT molecular complexity index is 1020. The van der Waals surface area contributed by atoms with E-state index < -0.39 is 5.60 Å². The minimum absolute atomic E-state index is 0.217. The molecule has 7 nitrogen and oxygen atoms in total. The van der Waals surface area contributed by atoms with Gasteiger partial charge in [-0.25, -0.2) is 15.0 Å². The summed E-state index contributed by atoms with van der Waals surface area (Å²) in [4.78, 5) is 15.8. The Hall–Kier alpha value is -2.90. The molecule has 2 aromatic rings. The number of anilines is 1. The molecule has 176 valence electrons. The lowest BCUT2D eigenvalue weighted by Crippen LogP contribution is -2.39. The third-order valence-corrected chi connectivity index (χ3v) is 5.69. The van der Waals surface area contributed by atoms with Crippen molar-refractivity contribution < 1.29 is 5.11 Å². The molecule has 2 heterocycles. The summed E-state index contributed by atoms with van der Waals surface area (Å²) in [7, 11) is 0. The van der Waals surface area contributed by atoms with Gasteiger partial charge in [0.1, 0.15) is 11.4 Å². The number of aromatic nitrogens is 2. The van der Waals surface area contributed by atoms with E-state index in [1.54, 1.807) is 13.8 Å². The first-order valence-electron chi connectivity index (χ1n) is 11.1. The average Bonchev–Trinajstić information content (AvgIpc) is 2.75. The summed E-state index contributed by atoms with van der Waals surface area (Å²) in [6.07, 6.45) is 5.68. The van der Waals surface area contributed by atoms with Gasteiger partial charge in [-0.1, -0.05) is 35.9 Å². The number of rotatable bonds is 8. The topological polar surface area (TPSA) is 99.7 Å². The van der Waals surface area contributed by atoms with Crippen LogP contribution in [0.3, 0.4) is 0 Å². The number of nitrogens with two attached hydrogens (primary N) is 1. The Labute approximate surface area is 201 Å². The molecule has 0 atom stereocenters. The summed E-state index contributed by atoms with van der Waals surface area (Å²) >= 11 is 6.01. The van der Waals surface area contributed by atoms with Crippen LogP contribution >= 0.6 is 11.6 Å². The summed E-state index contributed by atoms with van der Waals surface area (Å²) < 4.78 is 0. The van der Waals surface area contributed by atoms with Crippen molar-refractivity contribution in [3.8, 4) is 0 Å². The summed E-state index contributed by atoms with van der Waals surface area (Å²) in [5, 5.41) is 14.8. The molecule has 8 heteroatoms. The highest BCUT2D eigenvalue weighted by Crippen LogP contribution is 2.24. The number of nitrogens with zero attached hydrogens (tertiary/aromatic N) is 4. The average molecular weight is 469 g/mol. The van der Waals surface area contributed by atoms with Crippen molar-refractivity contribution in [3.63, 3.8) is 0 Å². The third kappa shape index (κ3) is 7.30. The standard InChI is InChI=1S/C25H33ClN6O/c1-17(2)13-23(28-16-27)32-11-9-20(10-12-32)29-24-30-21(15-22(31-24)25(3,4)33)14-18-5-7-19(26)8-6-18/h5-8,13,15-16,20,33H,1,9-12,14H2,2-4H3,(H2,27,28)(H,29,30,31)/b23-13+. The maximum Gasteiger partial charge on any atom is 0.223 e. The molecular weight excluding hydrogens is 436 g/mol. The highest BCUT2D eigenvalue weighted by Gasteiger charge is 2.24. The minimum Gasteiger partial charge on any atom is -0.390 e. The molecule has 0 spiro atoms. The lowest BCUT2D eigenvalue weighted by atomic mass is 10.0. The molecule has 4 N–H and O–H groups in total. The minimum atomic E-state index is -1.07. The Morgan fingerprint density at radius 3 is 2.55 bits per heavy atom.